The monoisotopic (exact) mass is 546 g/mol. The summed E-state index contributed by atoms with van der Waals surface area (Å²) in [5, 5.41) is 0.549. The third-order valence-electron chi connectivity index (χ3n) is 6.30. The molecule has 9 heteroatoms. The second kappa shape index (κ2) is 12.8. The van der Waals surface area contributed by atoms with Crippen LogP contribution >= 0.6 is 23.2 Å². The molecule has 194 valence electrons. The Bertz CT molecular complexity index is 1420. The van der Waals surface area contributed by atoms with E-state index in [0.29, 0.717) is 53.3 Å². The van der Waals surface area contributed by atoms with Gasteiger partial charge in [-0.1, -0.05) is 42.0 Å². The Hall–Kier alpha value is -3.62. The third kappa shape index (κ3) is 6.44. The molecule has 3 heterocycles. The van der Waals surface area contributed by atoms with Gasteiger partial charge >= 0.3 is 0 Å². The number of nitrogens with two attached hydrogens (primary N) is 1. The number of carbonyl (C=O) groups is 1. The first-order valence-corrected chi connectivity index (χ1v) is 13.1. The molecule has 0 saturated carbocycles. The third-order valence-corrected chi connectivity index (χ3v) is 6.89. The van der Waals surface area contributed by atoms with Gasteiger partial charge in [-0.15, -0.1) is 11.8 Å². The van der Waals surface area contributed by atoms with Gasteiger partial charge in [0.15, 0.2) is 0 Å². The Labute approximate surface area is 233 Å². The molecule has 1 aromatic carbocycles. The largest absolute Gasteiger partial charge is 0.384 e. The van der Waals surface area contributed by atoms with Gasteiger partial charge in [-0.25, -0.2) is 15.0 Å². The molecule has 0 aliphatic carbocycles. The molecular formula is C29H28Cl2N6O. The number of halogens is 2. The molecule has 1 aliphatic heterocycles. The molecule has 0 radical (unpaired) electrons. The quantitative estimate of drug-likeness (QED) is 0.472. The molecule has 0 unspecified atom stereocenters. The number of aromatic nitrogens is 3. The van der Waals surface area contributed by atoms with Crippen molar-refractivity contribution in [3.63, 3.8) is 0 Å². The van der Waals surface area contributed by atoms with Crippen LogP contribution in [0, 0.1) is 23.7 Å². The van der Waals surface area contributed by atoms with Gasteiger partial charge in [0.05, 0.1) is 32.6 Å². The van der Waals surface area contributed by atoms with Crippen molar-refractivity contribution < 1.29 is 4.79 Å². The van der Waals surface area contributed by atoms with Crippen molar-refractivity contribution in [2.75, 3.05) is 38.5 Å². The smallest absolute Gasteiger partial charge is 0.256 e. The summed E-state index contributed by atoms with van der Waals surface area (Å²) in [5.41, 5.74) is 9.41. The van der Waals surface area contributed by atoms with Gasteiger partial charge in [0, 0.05) is 56.5 Å². The zero-order valence-electron chi connectivity index (χ0n) is 21.4. The first kappa shape index (κ1) is 27.4. The van der Waals surface area contributed by atoms with Crippen molar-refractivity contribution in [2.45, 2.75) is 26.7 Å². The highest BCUT2D eigenvalue weighted by Crippen LogP contribution is 2.34. The van der Waals surface area contributed by atoms with Gasteiger partial charge in [-0.2, -0.15) is 0 Å². The lowest BCUT2D eigenvalue weighted by molar-refractivity contribution is 0.0640. The van der Waals surface area contributed by atoms with E-state index >= 15 is 0 Å². The molecule has 7 nitrogen and oxygen atoms in total. The van der Waals surface area contributed by atoms with Crippen LogP contribution in [0.5, 0.6) is 0 Å². The minimum atomic E-state index is -0.174. The number of benzene rings is 1. The van der Waals surface area contributed by atoms with Crippen LogP contribution in [-0.2, 0) is 6.42 Å². The minimum absolute atomic E-state index is 0.174. The molecule has 1 amide bonds. The maximum absolute atomic E-state index is 13.4. The molecule has 3 aromatic rings. The highest BCUT2D eigenvalue weighted by molar-refractivity contribution is 6.40. The Morgan fingerprint density at radius 3 is 2.42 bits per heavy atom. The number of aryl methyl sites for hydroxylation is 1. The summed E-state index contributed by atoms with van der Waals surface area (Å²) in [6.45, 7) is 7.54. The first-order valence-electron chi connectivity index (χ1n) is 12.4. The van der Waals surface area contributed by atoms with Crippen LogP contribution in [0.15, 0.2) is 36.8 Å². The fraction of sp³-hybridized carbons (Fsp3) is 0.310. The summed E-state index contributed by atoms with van der Waals surface area (Å²) in [4.78, 5) is 30.5. The number of pyridine rings is 1. The molecule has 0 atom stereocenters. The molecule has 1 aliphatic rings. The lowest BCUT2D eigenvalue weighted by Crippen LogP contribution is -2.48. The SMILES string of the molecule is CC#CCCN1CCN(C(=O)c2c(Cl)cc(-c3ncnc(CC)c3C#Cc3ccc(N)nc3)cc2Cl)CC1. The second-order valence-electron chi connectivity index (χ2n) is 8.74. The summed E-state index contributed by atoms with van der Waals surface area (Å²) in [6, 6.07) is 6.94. The van der Waals surface area contributed by atoms with Gasteiger partial charge < -0.3 is 10.6 Å². The van der Waals surface area contributed by atoms with Gasteiger partial charge in [0.25, 0.3) is 5.91 Å². The van der Waals surface area contributed by atoms with E-state index in [0.717, 1.165) is 31.7 Å². The molecule has 38 heavy (non-hydrogen) atoms. The van der Waals surface area contributed by atoms with E-state index < -0.39 is 0 Å². The zero-order valence-corrected chi connectivity index (χ0v) is 22.9. The van der Waals surface area contributed by atoms with Crippen LogP contribution in [0.1, 0.15) is 47.4 Å². The Morgan fingerprint density at radius 1 is 1.05 bits per heavy atom. The van der Waals surface area contributed by atoms with Crippen molar-refractivity contribution in [3.8, 4) is 34.9 Å². The summed E-state index contributed by atoms with van der Waals surface area (Å²) in [6.07, 6.45) is 4.60. The number of amides is 1. The molecule has 1 saturated heterocycles. The number of nitrogen functional groups attached to an aromatic ring is 1. The fourth-order valence-corrected chi connectivity index (χ4v) is 4.89. The highest BCUT2D eigenvalue weighted by Gasteiger charge is 2.26. The van der Waals surface area contributed by atoms with E-state index in [1.165, 1.54) is 6.33 Å². The maximum Gasteiger partial charge on any atom is 0.256 e. The molecular weight excluding hydrogens is 519 g/mol. The van der Waals surface area contributed by atoms with Gasteiger partial charge in [-0.05, 0) is 37.6 Å². The molecule has 2 aromatic heterocycles. The van der Waals surface area contributed by atoms with Gasteiger partial charge in [0.2, 0.25) is 0 Å². The molecule has 2 N–H and O–H groups in total. The normalized spacial score (nSPS) is 13.3. The molecule has 0 spiro atoms. The summed E-state index contributed by atoms with van der Waals surface area (Å²) < 4.78 is 0. The Morgan fingerprint density at radius 2 is 1.79 bits per heavy atom. The minimum Gasteiger partial charge on any atom is -0.384 e. The predicted molar refractivity (Wildman–Crippen MR) is 152 cm³/mol. The van der Waals surface area contributed by atoms with Crippen LogP contribution in [0.2, 0.25) is 10.0 Å². The van der Waals surface area contributed by atoms with Crippen LogP contribution in [0.3, 0.4) is 0 Å². The fourth-order valence-electron chi connectivity index (χ4n) is 4.24. The summed E-state index contributed by atoms with van der Waals surface area (Å²) >= 11 is 13.3. The summed E-state index contributed by atoms with van der Waals surface area (Å²) in [5.74, 6) is 12.6. The number of hydrogen-bond donors (Lipinski definition) is 1. The van der Waals surface area contributed by atoms with Crippen molar-refractivity contribution >= 4 is 34.9 Å². The van der Waals surface area contributed by atoms with Crippen molar-refractivity contribution in [1.82, 2.24) is 24.8 Å². The average Bonchev–Trinajstić information content (AvgIpc) is 2.92. The van der Waals surface area contributed by atoms with Crippen LogP contribution < -0.4 is 5.73 Å². The van der Waals surface area contributed by atoms with Crippen molar-refractivity contribution in [1.29, 1.82) is 0 Å². The molecule has 0 bridgehead atoms. The summed E-state index contributed by atoms with van der Waals surface area (Å²) in [7, 11) is 0. The van der Waals surface area contributed by atoms with E-state index in [9.17, 15) is 4.79 Å². The average molecular weight is 547 g/mol. The maximum atomic E-state index is 13.4. The zero-order chi connectivity index (χ0) is 27.1. The number of rotatable bonds is 5. The van der Waals surface area contributed by atoms with Gasteiger partial charge in [0.1, 0.15) is 12.1 Å². The van der Waals surface area contributed by atoms with E-state index in [2.05, 4.69) is 43.5 Å². The van der Waals surface area contributed by atoms with Crippen molar-refractivity contribution in [3.05, 3.63) is 69.2 Å². The van der Waals surface area contributed by atoms with Crippen LogP contribution in [-0.4, -0.2) is 63.4 Å². The highest BCUT2D eigenvalue weighted by atomic mass is 35.5. The topological polar surface area (TPSA) is 88.2 Å². The van der Waals surface area contributed by atoms with Crippen LogP contribution in [0.25, 0.3) is 11.3 Å². The van der Waals surface area contributed by atoms with E-state index in [-0.39, 0.29) is 16.0 Å². The number of hydrogen-bond acceptors (Lipinski definition) is 6. The second-order valence-corrected chi connectivity index (χ2v) is 9.56. The molecule has 4 rings (SSSR count). The lowest BCUT2D eigenvalue weighted by Gasteiger charge is -2.34. The number of piperazine rings is 1. The van der Waals surface area contributed by atoms with E-state index in [1.807, 2.05) is 13.8 Å². The Balaban J connectivity index is 1.60. The van der Waals surface area contributed by atoms with E-state index in [1.54, 1.807) is 35.4 Å². The van der Waals surface area contributed by atoms with Crippen molar-refractivity contribution in [2.24, 2.45) is 0 Å². The van der Waals surface area contributed by atoms with Crippen LogP contribution in [0.4, 0.5) is 5.82 Å². The molecule has 1 fully saturated rings. The van der Waals surface area contributed by atoms with E-state index in [4.69, 9.17) is 28.9 Å². The van der Waals surface area contributed by atoms with Gasteiger partial charge in [-0.3, -0.25) is 9.69 Å². The number of nitrogens with zero attached hydrogens (tertiary/aromatic N) is 5. The predicted octanol–water partition coefficient (Wildman–Crippen LogP) is 4.56. The number of anilines is 1. The lowest BCUT2D eigenvalue weighted by atomic mass is 10.0. The number of carbonyl (C=O) groups excluding carboxylic acids is 1. The first-order chi connectivity index (χ1) is 18.4. The standard InChI is InChI=1S/C29H28Cl2N6O/c1-3-5-6-11-36-12-14-37(15-13-36)29(38)27-23(30)16-21(17-24(27)31)28-22(25(4-2)34-19-35-28)9-7-20-8-10-26(32)33-18-20/h8,10,16-19H,4,6,11-15H2,1-2H3,(H2,32,33). The Kier molecular flexibility index (Phi) is 9.20.